The highest BCUT2D eigenvalue weighted by molar-refractivity contribution is 5.95. The lowest BCUT2D eigenvalue weighted by molar-refractivity contribution is -0.143. The van der Waals surface area contributed by atoms with Gasteiger partial charge in [0, 0.05) is 26.4 Å². The highest BCUT2D eigenvalue weighted by Crippen LogP contribution is 2.20. The molecule has 1 amide bonds. The van der Waals surface area contributed by atoms with Crippen molar-refractivity contribution in [3.8, 4) is 0 Å². The third-order valence-corrected chi connectivity index (χ3v) is 3.63. The van der Waals surface area contributed by atoms with Gasteiger partial charge in [-0.2, -0.15) is 0 Å². The molecule has 0 aliphatic carbocycles. The molecule has 0 aromatic carbocycles. The molecule has 0 unspecified atom stereocenters. The van der Waals surface area contributed by atoms with Crippen molar-refractivity contribution in [3.63, 3.8) is 0 Å². The van der Waals surface area contributed by atoms with Gasteiger partial charge in [-0.05, 0) is 31.4 Å². The standard InChI is InChI=1S/C14H20N2O4/c1-20-10-9-15-7-4-6-11(15)13(17)16-8-3-2-5-12(16)14(18)19/h4,6-7,12H,2-3,5,8-10H2,1H3,(H,18,19)/t12-/m1/s1. The van der Waals surface area contributed by atoms with Gasteiger partial charge in [-0.3, -0.25) is 4.79 Å². The fourth-order valence-corrected chi connectivity index (χ4v) is 2.57. The second-order valence-corrected chi connectivity index (χ2v) is 4.93. The van der Waals surface area contributed by atoms with Gasteiger partial charge in [0.05, 0.1) is 6.61 Å². The summed E-state index contributed by atoms with van der Waals surface area (Å²) >= 11 is 0. The number of nitrogens with zero attached hydrogens (tertiary/aromatic N) is 2. The van der Waals surface area contributed by atoms with Crippen molar-refractivity contribution in [2.24, 2.45) is 0 Å². The van der Waals surface area contributed by atoms with Crippen LogP contribution in [0.3, 0.4) is 0 Å². The van der Waals surface area contributed by atoms with Crippen LogP contribution in [0.5, 0.6) is 0 Å². The largest absolute Gasteiger partial charge is 0.480 e. The number of piperidine rings is 1. The minimum absolute atomic E-state index is 0.210. The van der Waals surface area contributed by atoms with E-state index in [0.29, 0.717) is 31.8 Å². The van der Waals surface area contributed by atoms with Crippen molar-refractivity contribution in [2.45, 2.75) is 31.8 Å². The molecule has 6 nitrogen and oxygen atoms in total. The molecule has 6 heteroatoms. The lowest BCUT2D eigenvalue weighted by atomic mass is 10.0. The maximum absolute atomic E-state index is 12.6. The van der Waals surface area contributed by atoms with Crippen LogP contribution in [0.2, 0.25) is 0 Å². The molecule has 1 aromatic rings. The summed E-state index contributed by atoms with van der Waals surface area (Å²) in [6, 6.07) is 2.82. The SMILES string of the molecule is COCCn1cccc1C(=O)N1CCCC[C@@H]1C(=O)O. The van der Waals surface area contributed by atoms with Gasteiger partial charge in [-0.15, -0.1) is 0 Å². The number of carboxylic acids is 1. The van der Waals surface area contributed by atoms with Gasteiger partial charge in [0.2, 0.25) is 0 Å². The lowest BCUT2D eigenvalue weighted by Crippen LogP contribution is -2.48. The zero-order valence-corrected chi connectivity index (χ0v) is 11.6. The Kier molecular flexibility index (Phi) is 4.79. The van der Waals surface area contributed by atoms with E-state index in [0.717, 1.165) is 12.8 Å². The van der Waals surface area contributed by atoms with Crippen LogP contribution < -0.4 is 0 Å². The van der Waals surface area contributed by atoms with E-state index in [4.69, 9.17) is 4.74 Å². The first kappa shape index (κ1) is 14.6. The van der Waals surface area contributed by atoms with E-state index < -0.39 is 12.0 Å². The minimum Gasteiger partial charge on any atom is -0.480 e. The van der Waals surface area contributed by atoms with Crippen molar-refractivity contribution in [3.05, 3.63) is 24.0 Å². The summed E-state index contributed by atoms with van der Waals surface area (Å²) in [6.07, 6.45) is 4.05. The molecule has 110 valence electrons. The molecule has 0 saturated carbocycles. The number of amides is 1. The predicted molar refractivity (Wildman–Crippen MR) is 72.6 cm³/mol. The Balaban J connectivity index is 2.17. The Morgan fingerprint density at radius 3 is 2.95 bits per heavy atom. The van der Waals surface area contributed by atoms with E-state index in [1.807, 2.05) is 6.20 Å². The van der Waals surface area contributed by atoms with Crippen LogP contribution in [0, 0.1) is 0 Å². The number of ether oxygens (including phenoxy) is 1. The molecule has 0 bridgehead atoms. The van der Waals surface area contributed by atoms with E-state index >= 15 is 0 Å². The quantitative estimate of drug-likeness (QED) is 0.880. The Bertz CT molecular complexity index is 483. The van der Waals surface area contributed by atoms with Gasteiger partial charge in [-0.1, -0.05) is 0 Å². The van der Waals surface area contributed by atoms with Gasteiger partial charge in [0.25, 0.3) is 5.91 Å². The van der Waals surface area contributed by atoms with Crippen molar-refractivity contribution >= 4 is 11.9 Å². The highest BCUT2D eigenvalue weighted by atomic mass is 16.5. The average Bonchev–Trinajstić information content (AvgIpc) is 2.92. The molecule has 2 rings (SSSR count). The van der Waals surface area contributed by atoms with Crippen LogP contribution in [-0.2, 0) is 16.1 Å². The number of hydrogen-bond donors (Lipinski definition) is 1. The number of aliphatic carboxylic acids is 1. The smallest absolute Gasteiger partial charge is 0.326 e. The van der Waals surface area contributed by atoms with Crippen LogP contribution in [-0.4, -0.2) is 52.8 Å². The van der Waals surface area contributed by atoms with Crippen LogP contribution in [0.25, 0.3) is 0 Å². The first-order valence-electron chi connectivity index (χ1n) is 6.83. The molecule has 1 atom stereocenters. The molecular weight excluding hydrogens is 260 g/mol. The second kappa shape index (κ2) is 6.56. The molecule has 2 heterocycles. The molecule has 20 heavy (non-hydrogen) atoms. The molecule has 1 saturated heterocycles. The number of carboxylic acid groups (broad SMARTS) is 1. The van der Waals surface area contributed by atoms with Gasteiger partial charge in [-0.25, -0.2) is 4.79 Å². The minimum atomic E-state index is -0.923. The number of rotatable bonds is 5. The van der Waals surface area contributed by atoms with Gasteiger partial charge in [0.15, 0.2) is 0 Å². The summed E-state index contributed by atoms with van der Waals surface area (Å²) in [7, 11) is 1.61. The van der Waals surface area contributed by atoms with Gasteiger partial charge < -0.3 is 19.3 Å². The zero-order chi connectivity index (χ0) is 14.5. The normalized spacial score (nSPS) is 19.1. The Morgan fingerprint density at radius 1 is 1.45 bits per heavy atom. The van der Waals surface area contributed by atoms with Crippen molar-refractivity contribution in [1.29, 1.82) is 0 Å². The zero-order valence-electron chi connectivity index (χ0n) is 11.6. The molecule has 1 aliphatic rings. The predicted octanol–water partition coefficient (Wildman–Crippen LogP) is 1.21. The fourth-order valence-electron chi connectivity index (χ4n) is 2.57. The molecule has 0 radical (unpaired) electrons. The summed E-state index contributed by atoms with van der Waals surface area (Å²) in [5.74, 6) is -1.13. The number of methoxy groups -OCH3 is 1. The summed E-state index contributed by atoms with van der Waals surface area (Å²) in [4.78, 5) is 25.3. The summed E-state index contributed by atoms with van der Waals surface area (Å²) in [5, 5.41) is 9.25. The van der Waals surface area contributed by atoms with Crippen LogP contribution in [0.1, 0.15) is 29.8 Å². The average molecular weight is 280 g/mol. The van der Waals surface area contributed by atoms with Crippen molar-refractivity contribution in [2.75, 3.05) is 20.3 Å². The highest BCUT2D eigenvalue weighted by Gasteiger charge is 2.33. The van der Waals surface area contributed by atoms with Crippen LogP contribution in [0.4, 0.5) is 0 Å². The van der Waals surface area contributed by atoms with Crippen molar-refractivity contribution in [1.82, 2.24) is 9.47 Å². The van der Waals surface area contributed by atoms with E-state index in [2.05, 4.69) is 0 Å². The number of aromatic nitrogens is 1. The summed E-state index contributed by atoms with van der Waals surface area (Å²) in [5.41, 5.74) is 0.523. The summed E-state index contributed by atoms with van der Waals surface area (Å²) < 4.78 is 6.82. The van der Waals surface area contributed by atoms with E-state index in [-0.39, 0.29) is 5.91 Å². The first-order chi connectivity index (χ1) is 9.65. The Labute approximate surface area is 117 Å². The number of likely N-dealkylation sites (tertiary alicyclic amines) is 1. The van der Waals surface area contributed by atoms with Crippen LogP contribution in [0.15, 0.2) is 18.3 Å². The summed E-state index contributed by atoms with van der Waals surface area (Å²) in [6.45, 7) is 1.60. The number of carbonyl (C=O) groups excluding carboxylic acids is 1. The molecule has 1 N–H and O–H groups in total. The molecular formula is C14H20N2O4. The molecule has 0 spiro atoms. The van der Waals surface area contributed by atoms with Crippen molar-refractivity contribution < 1.29 is 19.4 Å². The monoisotopic (exact) mass is 280 g/mol. The Morgan fingerprint density at radius 2 is 2.25 bits per heavy atom. The molecule has 1 aliphatic heterocycles. The van der Waals surface area contributed by atoms with Gasteiger partial charge in [0.1, 0.15) is 11.7 Å². The number of carbonyl (C=O) groups is 2. The third-order valence-electron chi connectivity index (χ3n) is 3.63. The molecule has 1 aromatic heterocycles. The van der Waals surface area contributed by atoms with E-state index in [1.54, 1.807) is 23.8 Å². The lowest BCUT2D eigenvalue weighted by Gasteiger charge is -2.33. The molecule has 1 fully saturated rings. The maximum Gasteiger partial charge on any atom is 0.326 e. The van der Waals surface area contributed by atoms with E-state index in [9.17, 15) is 14.7 Å². The third kappa shape index (κ3) is 3.01. The number of hydrogen-bond acceptors (Lipinski definition) is 3. The maximum atomic E-state index is 12.6. The second-order valence-electron chi connectivity index (χ2n) is 4.93. The topological polar surface area (TPSA) is 71.8 Å². The Hall–Kier alpha value is -1.82. The van der Waals surface area contributed by atoms with E-state index in [1.165, 1.54) is 4.90 Å². The van der Waals surface area contributed by atoms with Gasteiger partial charge >= 0.3 is 5.97 Å². The fraction of sp³-hybridized carbons (Fsp3) is 0.571. The van der Waals surface area contributed by atoms with Crippen LogP contribution >= 0.6 is 0 Å². The first-order valence-corrected chi connectivity index (χ1v) is 6.83.